The number of carbonyl (C=O) groups is 1. The van der Waals surface area contributed by atoms with Crippen LogP contribution in [0.3, 0.4) is 0 Å². The van der Waals surface area contributed by atoms with Gasteiger partial charge in [-0.15, -0.1) is 0 Å². The third-order valence-electron chi connectivity index (χ3n) is 4.89. The van der Waals surface area contributed by atoms with E-state index in [9.17, 15) is 4.79 Å². The summed E-state index contributed by atoms with van der Waals surface area (Å²) < 4.78 is 7.07. The van der Waals surface area contributed by atoms with Crippen molar-refractivity contribution in [1.82, 2.24) is 24.6 Å². The van der Waals surface area contributed by atoms with Gasteiger partial charge in [0.25, 0.3) is 0 Å². The quantitative estimate of drug-likeness (QED) is 0.635. The Hall–Kier alpha value is -3.42. The standard InChI is InChI=1S/C21H24N6O2/c1-15-13-16(2)27(24-15)20-14-19(22-17(3)23-20)25-8-10-26(11-9-25)21(28)7-6-18-5-4-12-29-18/h4-7,12-14H,8-11H2,1-3H3. The van der Waals surface area contributed by atoms with Gasteiger partial charge in [-0.2, -0.15) is 5.10 Å². The summed E-state index contributed by atoms with van der Waals surface area (Å²) in [4.78, 5) is 25.6. The summed E-state index contributed by atoms with van der Waals surface area (Å²) in [5.74, 6) is 2.98. The van der Waals surface area contributed by atoms with Crippen LogP contribution in [0.25, 0.3) is 11.9 Å². The van der Waals surface area contributed by atoms with E-state index in [1.54, 1.807) is 24.5 Å². The summed E-state index contributed by atoms with van der Waals surface area (Å²) in [6, 6.07) is 7.60. The van der Waals surface area contributed by atoms with Gasteiger partial charge in [0, 0.05) is 44.0 Å². The number of amides is 1. The van der Waals surface area contributed by atoms with Crippen LogP contribution < -0.4 is 4.90 Å². The Kier molecular flexibility index (Phi) is 5.16. The van der Waals surface area contributed by atoms with Crippen LogP contribution in [0.5, 0.6) is 0 Å². The summed E-state index contributed by atoms with van der Waals surface area (Å²) in [6.45, 7) is 8.57. The average Bonchev–Trinajstić information content (AvgIpc) is 3.35. The van der Waals surface area contributed by atoms with E-state index in [1.165, 1.54) is 0 Å². The predicted molar refractivity (Wildman–Crippen MR) is 110 cm³/mol. The molecule has 0 saturated carbocycles. The number of hydrogen-bond donors (Lipinski definition) is 0. The molecule has 1 saturated heterocycles. The first-order valence-electron chi connectivity index (χ1n) is 9.64. The molecule has 0 atom stereocenters. The molecule has 1 aliphatic heterocycles. The van der Waals surface area contributed by atoms with Crippen molar-refractivity contribution in [3.63, 3.8) is 0 Å². The minimum atomic E-state index is -0.0109. The molecular weight excluding hydrogens is 368 g/mol. The Morgan fingerprint density at radius 2 is 1.83 bits per heavy atom. The highest BCUT2D eigenvalue weighted by atomic mass is 16.3. The minimum Gasteiger partial charge on any atom is -0.465 e. The van der Waals surface area contributed by atoms with Crippen LogP contribution in [0, 0.1) is 20.8 Å². The van der Waals surface area contributed by atoms with Crippen molar-refractivity contribution in [1.29, 1.82) is 0 Å². The third-order valence-corrected chi connectivity index (χ3v) is 4.89. The Labute approximate surface area is 169 Å². The van der Waals surface area contributed by atoms with Crippen LogP contribution in [0.15, 0.2) is 41.0 Å². The van der Waals surface area contributed by atoms with Gasteiger partial charge in [-0.25, -0.2) is 14.6 Å². The largest absolute Gasteiger partial charge is 0.465 e. The van der Waals surface area contributed by atoms with Crippen molar-refractivity contribution < 1.29 is 9.21 Å². The minimum absolute atomic E-state index is 0.0109. The van der Waals surface area contributed by atoms with E-state index in [-0.39, 0.29) is 5.91 Å². The van der Waals surface area contributed by atoms with E-state index < -0.39 is 0 Å². The van der Waals surface area contributed by atoms with Gasteiger partial charge in [-0.05, 0) is 45.0 Å². The highest BCUT2D eigenvalue weighted by molar-refractivity contribution is 5.91. The fraction of sp³-hybridized carbons (Fsp3) is 0.333. The molecule has 8 heteroatoms. The topological polar surface area (TPSA) is 80.3 Å². The normalized spacial score (nSPS) is 14.7. The number of nitrogens with zero attached hydrogens (tertiary/aromatic N) is 6. The highest BCUT2D eigenvalue weighted by Crippen LogP contribution is 2.19. The van der Waals surface area contributed by atoms with Crippen molar-refractivity contribution >= 4 is 17.8 Å². The van der Waals surface area contributed by atoms with Crippen LogP contribution in [0.1, 0.15) is 23.0 Å². The molecule has 1 aliphatic rings. The first kappa shape index (κ1) is 18.9. The van der Waals surface area contributed by atoms with Crippen LogP contribution in [-0.2, 0) is 4.79 Å². The number of carbonyl (C=O) groups excluding carboxylic acids is 1. The highest BCUT2D eigenvalue weighted by Gasteiger charge is 2.22. The summed E-state index contributed by atoms with van der Waals surface area (Å²) >= 11 is 0. The summed E-state index contributed by atoms with van der Waals surface area (Å²) in [5, 5.41) is 4.52. The molecule has 1 amide bonds. The van der Waals surface area contributed by atoms with Crippen molar-refractivity contribution in [2.45, 2.75) is 20.8 Å². The summed E-state index contributed by atoms with van der Waals surface area (Å²) in [5.41, 5.74) is 1.99. The zero-order valence-electron chi connectivity index (χ0n) is 16.9. The van der Waals surface area contributed by atoms with Crippen LogP contribution in [-0.4, -0.2) is 56.7 Å². The Bertz CT molecular complexity index is 1030. The lowest BCUT2D eigenvalue weighted by Crippen LogP contribution is -2.48. The maximum Gasteiger partial charge on any atom is 0.246 e. The molecule has 4 heterocycles. The van der Waals surface area contributed by atoms with Crippen molar-refractivity contribution in [3.05, 3.63) is 59.6 Å². The zero-order chi connectivity index (χ0) is 20.4. The maximum atomic E-state index is 12.4. The summed E-state index contributed by atoms with van der Waals surface area (Å²) in [7, 11) is 0. The molecule has 0 radical (unpaired) electrons. The fourth-order valence-electron chi connectivity index (χ4n) is 3.47. The van der Waals surface area contributed by atoms with E-state index >= 15 is 0 Å². The molecule has 0 aromatic carbocycles. The van der Waals surface area contributed by atoms with E-state index in [0.29, 0.717) is 37.8 Å². The average molecular weight is 392 g/mol. The van der Waals surface area contributed by atoms with E-state index in [1.807, 2.05) is 48.6 Å². The van der Waals surface area contributed by atoms with Gasteiger partial charge in [0.15, 0.2) is 5.82 Å². The monoisotopic (exact) mass is 392 g/mol. The number of aryl methyl sites for hydroxylation is 3. The number of rotatable bonds is 4. The molecule has 4 rings (SSSR count). The molecule has 3 aromatic heterocycles. The molecule has 0 N–H and O–H groups in total. The van der Waals surface area contributed by atoms with Gasteiger partial charge in [-0.1, -0.05) is 0 Å². The van der Waals surface area contributed by atoms with Crippen molar-refractivity contribution in [2.24, 2.45) is 0 Å². The van der Waals surface area contributed by atoms with Crippen LogP contribution in [0.4, 0.5) is 5.82 Å². The maximum absolute atomic E-state index is 12.4. The molecule has 0 spiro atoms. The van der Waals surface area contributed by atoms with Gasteiger partial charge in [0.05, 0.1) is 12.0 Å². The number of piperazine rings is 1. The lowest BCUT2D eigenvalue weighted by atomic mass is 10.3. The molecular formula is C21H24N6O2. The Morgan fingerprint density at radius 3 is 2.48 bits per heavy atom. The molecule has 3 aromatic rings. The van der Waals surface area contributed by atoms with Crippen molar-refractivity contribution in [3.8, 4) is 5.82 Å². The molecule has 0 aliphatic carbocycles. The number of anilines is 1. The van der Waals surface area contributed by atoms with E-state index in [4.69, 9.17) is 4.42 Å². The van der Waals surface area contributed by atoms with Gasteiger partial charge in [0.1, 0.15) is 17.4 Å². The molecule has 8 nitrogen and oxygen atoms in total. The molecule has 29 heavy (non-hydrogen) atoms. The smallest absolute Gasteiger partial charge is 0.246 e. The zero-order valence-corrected chi connectivity index (χ0v) is 16.9. The van der Waals surface area contributed by atoms with E-state index in [0.717, 1.165) is 23.0 Å². The Morgan fingerprint density at radius 1 is 1.07 bits per heavy atom. The van der Waals surface area contributed by atoms with Gasteiger partial charge < -0.3 is 14.2 Å². The van der Waals surface area contributed by atoms with Gasteiger partial charge in [0.2, 0.25) is 5.91 Å². The molecule has 150 valence electrons. The van der Waals surface area contributed by atoms with E-state index in [2.05, 4.69) is 20.0 Å². The van der Waals surface area contributed by atoms with Gasteiger partial charge in [-0.3, -0.25) is 4.79 Å². The molecule has 0 bridgehead atoms. The second kappa shape index (κ2) is 7.90. The second-order valence-electron chi connectivity index (χ2n) is 7.13. The van der Waals surface area contributed by atoms with Crippen LogP contribution >= 0.6 is 0 Å². The number of aromatic nitrogens is 4. The third kappa shape index (κ3) is 4.21. The van der Waals surface area contributed by atoms with Gasteiger partial charge >= 0.3 is 0 Å². The van der Waals surface area contributed by atoms with Crippen LogP contribution in [0.2, 0.25) is 0 Å². The Balaban J connectivity index is 1.44. The molecule has 1 fully saturated rings. The second-order valence-corrected chi connectivity index (χ2v) is 7.13. The number of furan rings is 1. The fourth-order valence-corrected chi connectivity index (χ4v) is 3.47. The molecule has 0 unspecified atom stereocenters. The first-order chi connectivity index (χ1) is 14.0. The lowest BCUT2D eigenvalue weighted by Gasteiger charge is -2.35. The summed E-state index contributed by atoms with van der Waals surface area (Å²) in [6.07, 6.45) is 4.85. The first-order valence-corrected chi connectivity index (χ1v) is 9.64. The van der Waals surface area contributed by atoms with Crippen molar-refractivity contribution in [2.75, 3.05) is 31.1 Å². The SMILES string of the molecule is Cc1cc(C)n(-c2cc(N3CCN(C(=O)C=Cc4ccco4)CC3)nc(C)n2)n1. The number of hydrogen-bond acceptors (Lipinski definition) is 6. The lowest BCUT2D eigenvalue weighted by molar-refractivity contribution is -0.126. The predicted octanol–water partition coefficient (Wildman–Crippen LogP) is 2.54.